The molecule has 1 aliphatic rings. The molecular weight excluding hydrogens is 362 g/mol. The van der Waals surface area contributed by atoms with Crippen molar-refractivity contribution in [2.45, 2.75) is 31.6 Å². The number of pyridine rings is 1. The normalized spacial score (nSPS) is 15.0. The van der Waals surface area contributed by atoms with E-state index in [0.29, 0.717) is 11.3 Å². The summed E-state index contributed by atoms with van der Waals surface area (Å²) < 4.78 is 0. The molecule has 6 nitrogen and oxygen atoms in total. The van der Waals surface area contributed by atoms with E-state index in [1.165, 1.54) is 32.0 Å². The van der Waals surface area contributed by atoms with Gasteiger partial charge in [-0.3, -0.25) is 4.79 Å². The van der Waals surface area contributed by atoms with E-state index < -0.39 is 0 Å². The minimum Gasteiger partial charge on any atom is -0.341 e. The molecule has 142 valence electrons. The molecule has 0 spiro atoms. The summed E-state index contributed by atoms with van der Waals surface area (Å²) in [6, 6.07) is 8.13. The number of fused-ring (bicyclic) bond motifs is 6. The van der Waals surface area contributed by atoms with Gasteiger partial charge in [-0.2, -0.15) is 0 Å². The first kappa shape index (κ1) is 16.4. The maximum absolute atomic E-state index is 12.8. The average molecular weight is 381 g/mol. The number of imidazole rings is 1. The van der Waals surface area contributed by atoms with Crippen LogP contribution in [-0.4, -0.2) is 24.9 Å². The molecule has 0 bridgehead atoms. The van der Waals surface area contributed by atoms with Gasteiger partial charge in [-0.25, -0.2) is 15.0 Å². The molecule has 1 saturated carbocycles. The van der Waals surface area contributed by atoms with Crippen LogP contribution in [-0.2, 0) is 0 Å². The molecule has 1 aliphatic carbocycles. The average Bonchev–Trinajstić information content (AvgIpc) is 3.44. The van der Waals surface area contributed by atoms with Crippen molar-refractivity contribution in [2.75, 3.05) is 0 Å². The van der Waals surface area contributed by atoms with E-state index >= 15 is 0 Å². The highest BCUT2D eigenvalue weighted by Crippen LogP contribution is 2.38. The first-order valence-electron chi connectivity index (χ1n) is 10.0. The van der Waals surface area contributed by atoms with Crippen molar-refractivity contribution < 1.29 is 0 Å². The SMILES string of the molecule is O=c1[nH]ccc2c3[nH]c(C4CCCC4)nc3c3ccc(-c4cncnc4)cc3c12. The van der Waals surface area contributed by atoms with E-state index in [9.17, 15) is 4.79 Å². The van der Waals surface area contributed by atoms with Crippen LogP contribution in [0.3, 0.4) is 0 Å². The molecule has 2 N–H and O–H groups in total. The third-order valence-electron chi connectivity index (χ3n) is 6.13. The molecule has 3 heterocycles. The largest absolute Gasteiger partial charge is 0.341 e. The van der Waals surface area contributed by atoms with E-state index in [-0.39, 0.29) is 5.56 Å². The molecule has 6 rings (SSSR count). The zero-order chi connectivity index (χ0) is 19.4. The number of aromatic nitrogens is 5. The van der Waals surface area contributed by atoms with Crippen molar-refractivity contribution in [3.63, 3.8) is 0 Å². The van der Waals surface area contributed by atoms with Crippen LogP contribution < -0.4 is 5.56 Å². The lowest BCUT2D eigenvalue weighted by atomic mass is 9.97. The van der Waals surface area contributed by atoms with E-state index in [4.69, 9.17) is 4.98 Å². The number of nitrogens with zero attached hydrogens (tertiary/aromatic N) is 3. The van der Waals surface area contributed by atoms with E-state index in [1.807, 2.05) is 12.1 Å². The van der Waals surface area contributed by atoms with Crippen LogP contribution >= 0.6 is 0 Å². The van der Waals surface area contributed by atoms with Gasteiger partial charge in [0.25, 0.3) is 5.56 Å². The zero-order valence-corrected chi connectivity index (χ0v) is 15.8. The van der Waals surface area contributed by atoms with Gasteiger partial charge < -0.3 is 9.97 Å². The fourth-order valence-electron chi connectivity index (χ4n) is 4.71. The summed E-state index contributed by atoms with van der Waals surface area (Å²) in [4.78, 5) is 32.5. The molecule has 0 aliphatic heterocycles. The summed E-state index contributed by atoms with van der Waals surface area (Å²) in [5, 5.41) is 3.50. The smallest absolute Gasteiger partial charge is 0.256 e. The Labute approximate surface area is 166 Å². The lowest BCUT2D eigenvalue weighted by Crippen LogP contribution is -2.05. The van der Waals surface area contributed by atoms with Crippen LogP contribution in [0.15, 0.2) is 54.0 Å². The number of hydrogen-bond acceptors (Lipinski definition) is 4. The van der Waals surface area contributed by atoms with Crippen molar-refractivity contribution in [2.24, 2.45) is 0 Å². The minimum absolute atomic E-state index is 0.0899. The van der Waals surface area contributed by atoms with Crippen molar-refractivity contribution >= 4 is 32.6 Å². The fourth-order valence-corrected chi connectivity index (χ4v) is 4.71. The highest BCUT2D eigenvalue weighted by molar-refractivity contribution is 6.23. The van der Waals surface area contributed by atoms with Crippen molar-refractivity contribution in [1.82, 2.24) is 24.9 Å². The third-order valence-corrected chi connectivity index (χ3v) is 6.13. The van der Waals surface area contributed by atoms with E-state index in [1.54, 1.807) is 18.6 Å². The topological polar surface area (TPSA) is 87.3 Å². The van der Waals surface area contributed by atoms with Gasteiger partial charge in [-0.15, -0.1) is 0 Å². The van der Waals surface area contributed by atoms with Crippen molar-refractivity contribution in [1.29, 1.82) is 0 Å². The second kappa shape index (κ2) is 6.24. The van der Waals surface area contributed by atoms with Crippen LogP contribution in [0, 0.1) is 0 Å². The number of nitrogens with one attached hydrogen (secondary N) is 2. The molecule has 0 saturated heterocycles. The first-order valence-corrected chi connectivity index (χ1v) is 10.0. The van der Waals surface area contributed by atoms with Crippen molar-refractivity contribution in [3.05, 3.63) is 65.4 Å². The fraction of sp³-hybridized carbons (Fsp3) is 0.217. The second-order valence-electron chi connectivity index (χ2n) is 7.81. The monoisotopic (exact) mass is 381 g/mol. The molecular formula is C23H19N5O. The number of benzene rings is 2. The number of hydrogen-bond donors (Lipinski definition) is 2. The Morgan fingerprint density at radius 3 is 2.59 bits per heavy atom. The molecule has 29 heavy (non-hydrogen) atoms. The Morgan fingerprint density at radius 1 is 0.931 bits per heavy atom. The van der Waals surface area contributed by atoms with Crippen LogP contribution in [0.1, 0.15) is 37.4 Å². The Morgan fingerprint density at radius 2 is 1.76 bits per heavy atom. The molecule has 3 aromatic heterocycles. The standard InChI is InChI=1S/C23H19N5O/c29-23-19-17(7-8-26-23)21-20(27-22(28-21)13-3-1-2-4-13)16-6-5-14(9-18(16)19)15-10-24-12-25-11-15/h5-13H,1-4H2,(H,26,29)(H,27,28). The second-order valence-corrected chi connectivity index (χ2v) is 7.81. The summed E-state index contributed by atoms with van der Waals surface area (Å²) in [6.07, 6.45) is 11.7. The minimum atomic E-state index is -0.0899. The number of aromatic amines is 2. The number of rotatable bonds is 2. The van der Waals surface area contributed by atoms with E-state index in [2.05, 4.69) is 32.1 Å². The van der Waals surface area contributed by atoms with Crippen molar-refractivity contribution in [3.8, 4) is 11.1 Å². The lowest BCUT2D eigenvalue weighted by molar-refractivity contribution is 0.681. The maximum Gasteiger partial charge on any atom is 0.256 e. The Kier molecular flexibility index (Phi) is 3.53. The highest BCUT2D eigenvalue weighted by atomic mass is 16.1. The van der Waals surface area contributed by atoms with Gasteiger partial charge >= 0.3 is 0 Å². The van der Waals surface area contributed by atoms with Gasteiger partial charge in [0, 0.05) is 40.8 Å². The van der Waals surface area contributed by atoms with Crippen LogP contribution in [0.5, 0.6) is 0 Å². The molecule has 2 aromatic carbocycles. The molecule has 0 atom stereocenters. The van der Waals surface area contributed by atoms with Crippen LogP contribution in [0.4, 0.5) is 0 Å². The molecule has 0 unspecified atom stereocenters. The van der Waals surface area contributed by atoms with Crippen LogP contribution in [0.2, 0.25) is 0 Å². The summed E-state index contributed by atoms with van der Waals surface area (Å²) in [7, 11) is 0. The third kappa shape index (κ3) is 2.49. The molecule has 6 heteroatoms. The molecule has 0 amide bonds. The Hall–Kier alpha value is -3.54. The Balaban J connectivity index is 1.72. The predicted octanol–water partition coefficient (Wildman–Crippen LogP) is 4.67. The highest BCUT2D eigenvalue weighted by Gasteiger charge is 2.22. The summed E-state index contributed by atoms with van der Waals surface area (Å²) >= 11 is 0. The molecule has 0 radical (unpaired) electrons. The lowest BCUT2D eigenvalue weighted by Gasteiger charge is -2.08. The first-order chi connectivity index (χ1) is 14.3. The molecule has 1 fully saturated rings. The zero-order valence-electron chi connectivity index (χ0n) is 15.8. The maximum atomic E-state index is 12.8. The van der Waals surface area contributed by atoms with Crippen LogP contribution in [0.25, 0.3) is 43.7 Å². The molecule has 5 aromatic rings. The Bertz CT molecular complexity index is 1430. The van der Waals surface area contributed by atoms with Gasteiger partial charge in [0.2, 0.25) is 0 Å². The number of H-pyrrole nitrogens is 2. The van der Waals surface area contributed by atoms with Gasteiger partial charge in [0.1, 0.15) is 12.2 Å². The summed E-state index contributed by atoms with van der Waals surface area (Å²) in [5.41, 5.74) is 3.71. The quantitative estimate of drug-likeness (QED) is 0.435. The van der Waals surface area contributed by atoms with E-state index in [0.717, 1.165) is 44.1 Å². The predicted molar refractivity (Wildman–Crippen MR) is 114 cm³/mol. The summed E-state index contributed by atoms with van der Waals surface area (Å²) in [5.74, 6) is 1.53. The van der Waals surface area contributed by atoms with Gasteiger partial charge in [0.15, 0.2) is 0 Å². The summed E-state index contributed by atoms with van der Waals surface area (Å²) in [6.45, 7) is 0. The van der Waals surface area contributed by atoms with Gasteiger partial charge in [-0.1, -0.05) is 25.0 Å². The van der Waals surface area contributed by atoms with Gasteiger partial charge in [-0.05, 0) is 35.9 Å². The van der Waals surface area contributed by atoms with Gasteiger partial charge in [0.05, 0.1) is 16.4 Å².